The summed E-state index contributed by atoms with van der Waals surface area (Å²) < 4.78 is 12.8. The highest BCUT2D eigenvalue weighted by atomic mass is 19.1. The number of nitrogens with one attached hydrogen (secondary N) is 2. The van der Waals surface area contributed by atoms with Crippen LogP contribution in [0.5, 0.6) is 0 Å². The molecule has 0 radical (unpaired) electrons. The molecule has 3 atom stereocenters. The minimum Gasteiger partial charge on any atom is -0.349 e. The largest absolute Gasteiger partial charge is 0.349 e. The Balaban J connectivity index is 1.96. The van der Waals surface area contributed by atoms with Gasteiger partial charge < -0.3 is 10.6 Å². The molecule has 0 aromatic heterocycles. The molecule has 4 heteroatoms. The molecule has 2 rings (SSSR count). The fourth-order valence-electron chi connectivity index (χ4n) is 2.32. The Morgan fingerprint density at radius 3 is 2.61 bits per heavy atom. The van der Waals surface area contributed by atoms with Crippen molar-refractivity contribution in [1.82, 2.24) is 10.6 Å². The first kappa shape index (κ1) is 13.0. The summed E-state index contributed by atoms with van der Waals surface area (Å²) >= 11 is 0. The lowest BCUT2D eigenvalue weighted by Crippen LogP contribution is -2.35. The van der Waals surface area contributed by atoms with Crippen LogP contribution in [0, 0.1) is 17.7 Å². The van der Waals surface area contributed by atoms with Crippen LogP contribution in [0.1, 0.15) is 25.5 Å². The van der Waals surface area contributed by atoms with E-state index in [2.05, 4.69) is 17.6 Å². The van der Waals surface area contributed by atoms with Gasteiger partial charge in [-0.3, -0.25) is 4.79 Å². The van der Waals surface area contributed by atoms with Gasteiger partial charge in [-0.1, -0.05) is 19.1 Å². The Kier molecular flexibility index (Phi) is 3.97. The van der Waals surface area contributed by atoms with Crippen molar-refractivity contribution in [2.24, 2.45) is 11.8 Å². The molecule has 18 heavy (non-hydrogen) atoms. The molecule has 3 nitrogen and oxygen atoms in total. The molecule has 1 aliphatic rings. The van der Waals surface area contributed by atoms with Crippen LogP contribution in [0.3, 0.4) is 0 Å². The maximum Gasteiger partial charge on any atom is 0.225 e. The second-order valence-electron chi connectivity index (χ2n) is 5.02. The van der Waals surface area contributed by atoms with Gasteiger partial charge in [0, 0.05) is 6.54 Å². The number of hydrogen-bond donors (Lipinski definition) is 2. The Bertz CT molecular complexity index is 418. The highest BCUT2D eigenvalue weighted by Gasteiger charge is 2.30. The zero-order chi connectivity index (χ0) is 13.1. The molecular formula is C14H19FN2O. The van der Waals surface area contributed by atoms with Crippen molar-refractivity contribution < 1.29 is 9.18 Å². The number of rotatable bonds is 3. The average Bonchev–Trinajstić information content (AvgIpc) is 2.76. The highest BCUT2D eigenvalue weighted by Crippen LogP contribution is 2.18. The van der Waals surface area contributed by atoms with Crippen LogP contribution in [0.15, 0.2) is 24.3 Å². The normalized spacial score (nSPS) is 24.8. The molecule has 0 bridgehead atoms. The van der Waals surface area contributed by atoms with Gasteiger partial charge in [-0.05, 0) is 37.1 Å². The molecule has 1 amide bonds. The molecule has 1 heterocycles. The summed E-state index contributed by atoms with van der Waals surface area (Å²) in [5.41, 5.74) is 0.920. The summed E-state index contributed by atoms with van der Waals surface area (Å²) in [5, 5.41) is 6.20. The van der Waals surface area contributed by atoms with Crippen molar-refractivity contribution >= 4 is 5.91 Å². The van der Waals surface area contributed by atoms with Gasteiger partial charge in [0.15, 0.2) is 0 Å². The van der Waals surface area contributed by atoms with Crippen molar-refractivity contribution in [3.8, 4) is 0 Å². The maximum absolute atomic E-state index is 12.8. The Hall–Kier alpha value is -1.42. The number of benzene rings is 1. The zero-order valence-electron chi connectivity index (χ0n) is 10.7. The average molecular weight is 250 g/mol. The zero-order valence-corrected chi connectivity index (χ0v) is 10.7. The van der Waals surface area contributed by atoms with Crippen LogP contribution in [0.25, 0.3) is 0 Å². The van der Waals surface area contributed by atoms with Crippen LogP contribution in [0.4, 0.5) is 4.39 Å². The minimum atomic E-state index is -0.258. The summed E-state index contributed by atoms with van der Waals surface area (Å²) in [4.78, 5) is 12.1. The molecule has 0 unspecified atom stereocenters. The molecule has 0 spiro atoms. The second-order valence-corrected chi connectivity index (χ2v) is 5.02. The lowest BCUT2D eigenvalue weighted by Gasteiger charge is -2.19. The number of amides is 1. The molecule has 2 N–H and O–H groups in total. The topological polar surface area (TPSA) is 41.1 Å². The van der Waals surface area contributed by atoms with Crippen molar-refractivity contribution in [3.63, 3.8) is 0 Å². The third-order valence-corrected chi connectivity index (χ3v) is 3.58. The summed E-state index contributed by atoms with van der Waals surface area (Å²) in [7, 11) is 0. The van der Waals surface area contributed by atoms with Crippen LogP contribution >= 0.6 is 0 Å². The number of carbonyl (C=O) groups is 1. The summed E-state index contributed by atoms with van der Waals surface area (Å²) in [6.45, 7) is 5.62. The predicted molar refractivity (Wildman–Crippen MR) is 68.5 cm³/mol. The van der Waals surface area contributed by atoms with Crippen molar-refractivity contribution in [2.45, 2.75) is 19.9 Å². The fourth-order valence-corrected chi connectivity index (χ4v) is 2.32. The molecule has 0 saturated carbocycles. The van der Waals surface area contributed by atoms with Gasteiger partial charge in [0.2, 0.25) is 5.91 Å². The van der Waals surface area contributed by atoms with E-state index < -0.39 is 0 Å². The smallest absolute Gasteiger partial charge is 0.225 e. The molecular weight excluding hydrogens is 231 g/mol. The predicted octanol–water partition coefficient (Wildman–Crippen LogP) is 1.86. The maximum atomic E-state index is 12.8. The Morgan fingerprint density at radius 2 is 2.06 bits per heavy atom. The molecule has 98 valence electrons. The highest BCUT2D eigenvalue weighted by molar-refractivity contribution is 5.80. The molecule has 1 aliphatic heterocycles. The standard InChI is InChI=1S/C14H19FN2O/c1-9-7-16-8-13(9)14(18)17-10(2)11-3-5-12(15)6-4-11/h3-6,9-10,13,16H,7-8H2,1-2H3,(H,17,18)/t9-,10+,13-/m1/s1. The lowest BCUT2D eigenvalue weighted by atomic mass is 9.96. The van der Waals surface area contributed by atoms with Crippen LogP contribution in [0.2, 0.25) is 0 Å². The van der Waals surface area contributed by atoms with Crippen LogP contribution in [-0.4, -0.2) is 19.0 Å². The second kappa shape index (κ2) is 5.48. The fraction of sp³-hybridized carbons (Fsp3) is 0.500. The van der Waals surface area contributed by atoms with Crippen LogP contribution < -0.4 is 10.6 Å². The van der Waals surface area contributed by atoms with Gasteiger partial charge >= 0.3 is 0 Å². The molecule has 1 fully saturated rings. The molecule has 1 aromatic rings. The van der Waals surface area contributed by atoms with Gasteiger partial charge in [0.25, 0.3) is 0 Å². The molecule has 1 aromatic carbocycles. The first-order valence-corrected chi connectivity index (χ1v) is 6.34. The monoisotopic (exact) mass is 250 g/mol. The lowest BCUT2D eigenvalue weighted by molar-refractivity contribution is -0.126. The minimum absolute atomic E-state index is 0.0351. The van der Waals surface area contributed by atoms with Gasteiger partial charge in [-0.15, -0.1) is 0 Å². The third-order valence-electron chi connectivity index (χ3n) is 3.58. The number of halogens is 1. The summed E-state index contributed by atoms with van der Waals surface area (Å²) in [6.07, 6.45) is 0. The Morgan fingerprint density at radius 1 is 1.39 bits per heavy atom. The molecule has 0 aliphatic carbocycles. The van der Waals surface area contributed by atoms with E-state index in [0.29, 0.717) is 5.92 Å². The van der Waals surface area contributed by atoms with E-state index in [1.807, 2.05) is 6.92 Å². The molecule has 1 saturated heterocycles. The first-order chi connectivity index (χ1) is 8.58. The van der Waals surface area contributed by atoms with E-state index >= 15 is 0 Å². The van der Waals surface area contributed by atoms with Gasteiger partial charge in [-0.25, -0.2) is 4.39 Å². The quantitative estimate of drug-likeness (QED) is 0.859. The van der Waals surface area contributed by atoms with E-state index in [4.69, 9.17) is 0 Å². The van der Waals surface area contributed by atoms with Crippen molar-refractivity contribution in [2.75, 3.05) is 13.1 Å². The number of hydrogen-bond acceptors (Lipinski definition) is 2. The van der Waals surface area contributed by atoms with Gasteiger partial charge in [-0.2, -0.15) is 0 Å². The summed E-state index contributed by atoms with van der Waals surface area (Å²) in [5.74, 6) is 0.216. The Labute approximate surface area is 107 Å². The number of carbonyl (C=O) groups excluding carboxylic acids is 1. The van der Waals surface area contributed by atoms with Crippen molar-refractivity contribution in [3.05, 3.63) is 35.6 Å². The van der Waals surface area contributed by atoms with E-state index in [0.717, 1.165) is 18.7 Å². The van der Waals surface area contributed by atoms with E-state index in [1.54, 1.807) is 12.1 Å². The van der Waals surface area contributed by atoms with Gasteiger partial charge in [0.1, 0.15) is 5.82 Å². The van der Waals surface area contributed by atoms with Gasteiger partial charge in [0.05, 0.1) is 12.0 Å². The van der Waals surface area contributed by atoms with Crippen molar-refractivity contribution in [1.29, 1.82) is 0 Å². The van der Waals surface area contributed by atoms with E-state index in [9.17, 15) is 9.18 Å². The third kappa shape index (κ3) is 2.88. The van der Waals surface area contributed by atoms with E-state index in [-0.39, 0.29) is 23.7 Å². The SMILES string of the molecule is C[C@H](NC(=O)[C@@H]1CNC[C@H]1C)c1ccc(F)cc1. The van der Waals surface area contributed by atoms with E-state index in [1.165, 1.54) is 12.1 Å². The summed E-state index contributed by atoms with van der Waals surface area (Å²) in [6, 6.07) is 6.15. The first-order valence-electron chi connectivity index (χ1n) is 6.34. The van der Waals surface area contributed by atoms with Crippen LogP contribution in [-0.2, 0) is 4.79 Å².